The number of piperidine rings is 1. The first kappa shape index (κ1) is 27.1. The Balaban J connectivity index is 1.13. The number of carbonyl (C=O) groups is 1. The lowest BCUT2D eigenvalue weighted by atomic mass is 9.92. The van der Waals surface area contributed by atoms with Crippen molar-refractivity contribution in [1.82, 2.24) is 19.9 Å². The summed E-state index contributed by atoms with van der Waals surface area (Å²) in [6.45, 7) is 2.17. The fourth-order valence-corrected chi connectivity index (χ4v) is 6.22. The zero-order valence-electron chi connectivity index (χ0n) is 23.4. The van der Waals surface area contributed by atoms with Crippen LogP contribution in [0, 0.1) is 0 Å². The third kappa shape index (κ3) is 5.56. The Bertz CT molecular complexity index is 1740. The topological polar surface area (TPSA) is 110 Å². The molecule has 1 atom stereocenters. The maximum absolute atomic E-state index is 13.6. The fraction of sp³-hybridized carbons (Fsp3) is 0.242. The van der Waals surface area contributed by atoms with Crippen LogP contribution in [0.2, 0.25) is 5.02 Å². The van der Waals surface area contributed by atoms with Crippen molar-refractivity contribution in [2.45, 2.75) is 31.4 Å². The van der Waals surface area contributed by atoms with Crippen LogP contribution in [0.4, 0.5) is 16.4 Å². The molecule has 0 aliphatic carbocycles. The molecule has 9 nitrogen and oxygen atoms in total. The second kappa shape index (κ2) is 11.5. The first-order valence-electron chi connectivity index (χ1n) is 14.4. The van der Waals surface area contributed by atoms with Gasteiger partial charge in [-0.05, 0) is 78.2 Å². The minimum absolute atomic E-state index is 0.108. The third-order valence-corrected chi connectivity index (χ3v) is 8.42. The molecule has 1 saturated heterocycles. The number of nitrogens with zero attached hydrogens (tertiary/aromatic N) is 4. The van der Waals surface area contributed by atoms with E-state index in [2.05, 4.69) is 19.9 Å². The average Bonchev–Trinajstić information content (AvgIpc) is 3.41. The van der Waals surface area contributed by atoms with Crippen molar-refractivity contribution in [1.29, 1.82) is 0 Å². The molecule has 218 valence electrons. The summed E-state index contributed by atoms with van der Waals surface area (Å²) in [5.74, 6) is 2.00. The Hall–Kier alpha value is -4.76. The zero-order valence-corrected chi connectivity index (χ0v) is 24.2. The monoisotopic (exact) mass is 594 g/mol. The lowest BCUT2D eigenvalue weighted by Crippen LogP contribution is -2.42. The molecule has 5 aromatic rings. The highest BCUT2D eigenvalue weighted by atomic mass is 35.5. The van der Waals surface area contributed by atoms with Gasteiger partial charge in [0.15, 0.2) is 0 Å². The van der Waals surface area contributed by atoms with Crippen molar-refractivity contribution < 1.29 is 14.3 Å². The van der Waals surface area contributed by atoms with Gasteiger partial charge in [0, 0.05) is 72.2 Å². The molecular formula is C33H31ClN6O3. The summed E-state index contributed by atoms with van der Waals surface area (Å²) in [7, 11) is 0. The number of halogens is 1. The number of aromatic amines is 1. The lowest BCUT2D eigenvalue weighted by Gasteiger charge is -2.35. The Morgan fingerprint density at radius 2 is 1.65 bits per heavy atom. The number of nitrogens with two attached hydrogens (primary N) is 1. The standard InChI is InChI=1S/C33H31ClN6O3/c34-22-4-11-29-28(20-22)27-14-19-40(33(41)43-25-9-5-23(35)6-10-25)31(30(27)38-29)21-2-7-24(8-3-21)42-26-12-17-39(18-13-26)32-36-15-1-16-37-32/h1-11,15-16,20,26,31,38H,12-14,17-19,35H2/t31-/m0/s1. The summed E-state index contributed by atoms with van der Waals surface area (Å²) in [5.41, 5.74) is 10.5. The molecule has 0 unspecified atom stereocenters. The largest absolute Gasteiger partial charge is 0.490 e. The molecule has 10 heteroatoms. The Kier molecular flexibility index (Phi) is 7.24. The molecule has 7 rings (SSSR count). The summed E-state index contributed by atoms with van der Waals surface area (Å²) in [5, 5.41) is 1.76. The number of ether oxygens (including phenoxy) is 2. The van der Waals surface area contributed by atoms with Crippen LogP contribution in [0.15, 0.2) is 85.2 Å². The van der Waals surface area contributed by atoms with Crippen molar-refractivity contribution in [3.8, 4) is 11.5 Å². The summed E-state index contributed by atoms with van der Waals surface area (Å²) in [4.78, 5) is 29.8. The van der Waals surface area contributed by atoms with Gasteiger partial charge in [0.25, 0.3) is 0 Å². The van der Waals surface area contributed by atoms with E-state index in [1.165, 1.54) is 0 Å². The van der Waals surface area contributed by atoms with Gasteiger partial charge in [-0.25, -0.2) is 14.8 Å². The number of anilines is 2. The van der Waals surface area contributed by atoms with E-state index in [4.69, 9.17) is 26.8 Å². The summed E-state index contributed by atoms with van der Waals surface area (Å²) in [6.07, 6.45) is 5.67. The lowest BCUT2D eigenvalue weighted by molar-refractivity contribution is 0.135. The number of carbonyl (C=O) groups excluding carboxylic acids is 1. The summed E-state index contributed by atoms with van der Waals surface area (Å²) < 4.78 is 12.2. The number of hydrogen-bond donors (Lipinski definition) is 2. The molecular weight excluding hydrogens is 564 g/mol. The Morgan fingerprint density at radius 3 is 2.40 bits per heavy atom. The van der Waals surface area contributed by atoms with Gasteiger partial charge in [-0.2, -0.15) is 0 Å². The highest BCUT2D eigenvalue weighted by Crippen LogP contribution is 2.40. The third-order valence-electron chi connectivity index (χ3n) is 8.18. The maximum atomic E-state index is 13.6. The van der Waals surface area contributed by atoms with Crippen molar-refractivity contribution >= 4 is 40.2 Å². The maximum Gasteiger partial charge on any atom is 0.416 e. The van der Waals surface area contributed by atoms with E-state index in [0.29, 0.717) is 29.4 Å². The van der Waals surface area contributed by atoms with Crippen LogP contribution in [0.5, 0.6) is 11.5 Å². The van der Waals surface area contributed by atoms with E-state index in [1.54, 1.807) is 41.6 Å². The van der Waals surface area contributed by atoms with E-state index < -0.39 is 6.09 Å². The number of rotatable bonds is 5. The number of benzene rings is 3. The van der Waals surface area contributed by atoms with Crippen LogP contribution in [-0.4, -0.2) is 51.7 Å². The number of hydrogen-bond acceptors (Lipinski definition) is 7. The number of fused-ring (bicyclic) bond motifs is 3. The van der Waals surface area contributed by atoms with E-state index in [1.807, 2.05) is 48.5 Å². The normalized spacial score (nSPS) is 17.1. The van der Waals surface area contributed by atoms with Gasteiger partial charge in [0.1, 0.15) is 23.6 Å². The second-order valence-corrected chi connectivity index (χ2v) is 11.3. The number of nitrogens with one attached hydrogen (secondary N) is 1. The number of H-pyrrole nitrogens is 1. The predicted octanol–water partition coefficient (Wildman–Crippen LogP) is 6.39. The second-order valence-electron chi connectivity index (χ2n) is 10.9. The number of nitrogen functional groups attached to an aromatic ring is 1. The molecule has 0 bridgehead atoms. The molecule has 0 saturated carbocycles. The molecule has 2 aliphatic heterocycles. The van der Waals surface area contributed by atoms with Crippen LogP contribution >= 0.6 is 11.6 Å². The SMILES string of the molecule is Nc1ccc(OC(=O)N2CCc3c([nH]c4ccc(Cl)cc34)[C@@H]2c2ccc(OC3CCN(c4ncccn4)CC3)cc2)cc1. The smallest absolute Gasteiger partial charge is 0.416 e. The molecule has 4 heterocycles. The quantitative estimate of drug-likeness (QED) is 0.227. The van der Waals surface area contributed by atoms with Crippen LogP contribution in [-0.2, 0) is 6.42 Å². The van der Waals surface area contributed by atoms with Crippen molar-refractivity contribution in [3.63, 3.8) is 0 Å². The molecule has 0 spiro atoms. The van der Waals surface area contributed by atoms with Gasteiger partial charge in [0.05, 0.1) is 0 Å². The van der Waals surface area contributed by atoms with Gasteiger partial charge in [-0.15, -0.1) is 0 Å². The van der Waals surface area contributed by atoms with E-state index in [9.17, 15) is 4.79 Å². The minimum Gasteiger partial charge on any atom is -0.490 e. The number of aromatic nitrogens is 3. The molecule has 1 amide bonds. The molecule has 2 aliphatic rings. The van der Waals surface area contributed by atoms with Gasteiger partial charge >= 0.3 is 6.09 Å². The number of amides is 1. The van der Waals surface area contributed by atoms with Crippen LogP contribution < -0.4 is 20.1 Å². The Labute approximate surface area is 254 Å². The van der Waals surface area contributed by atoms with E-state index in [0.717, 1.165) is 65.4 Å². The summed E-state index contributed by atoms with van der Waals surface area (Å²) in [6, 6.07) is 22.2. The van der Waals surface area contributed by atoms with Gasteiger partial charge in [-0.1, -0.05) is 23.7 Å². The molecule has 1 fully saturated rings. The Morgan fingerprint density at radius 1 is 0.930 bits per heavy atom. The zero-order chi connectivity index (χ0) is 29.3. The van der Waals surface area contributed by atoms with Gasteiger partial charge in [-0.3, -0.25) is 4.90 Å². The summed E-state index contributed by atoms with van der Waals surface area (Å²) >= 11 is 6.36. The van der Waals surface area contributed by atoms with E-state index >= 15 is 0 Å². The van der Waals surface area contributed by atoms with Crippen LogP contribution in [0.3, 0.4) is 0 Å². The average molecular weight is 595 g/mol. The van der Waals surface area contributed by atoms with Crippen molar-refractivity contribution in [2.75, 3.05) is 30.3 Å². The van der Waals surface area contributed by atoms with Crippen molar-refractivity contribution in [3.05, 3.63) is 107 Å². The highest BCUT2D eigenvalue weighted by Gasteiger charge is 2.36. The van der Waals surface area contributed by atoms with Gasteiger partial charge < -0.3 is 25.1 Å². The highest BCUT2D eigenvalue weighted by molar-refractivity contribution is 6.31. The molecule has 43 heavy (non-hydrogen) atoms. The molecule has 0 radical (unpaired) electrons. The fourth-order valence-electron chi connectivity index (χ4n) is 6.05. The predicted molar refractivity (Wildman–Crippen MR) is 167 cm³/mol. The van der Waals surface area contributed by atoms with Crippen molar-refractivity contribution in [2.24, 2.45) is 0 Å². The minimum atomic E-state index is -0.424. The van der Waals surface area contributed by atoms with Gasteiger partial charge in [0.2, 0.25) is 5.95 Å². The van der Waals surface area contributed by atoms with Crippen LogP contribution in [0.25, 0.3) is 10.9 Å². The van der Waals surface area contributed by atoms with E-state index in [-0.39, 0.29) is 12.1 Å². The first-order valence-corrected chi connectivity index (χ1v) is 14.8. The van der Waals surface area contributed by atoms with Crippen LogP contribution in [0.1, 0.15) is 35.7 Å². The molecule has 3 N–H and O–H groups in total. The first-order chi connectivity index (χ1) is 21.0. The molecule has 2 aromatic heterocycles. The molecule has 3 aromatic carbocycles.